The zero-order valence-corrected chi connectivity index (χ0v) is 8.04. The molecule has 0 aliphatic heterocycles. The van der Waals surface area contributed by atoms with Crippen LogP contribution in [-0.2, 0) is 19.2 Å². The Morgan fingerprint density at radius 1 is 1.12 bits per heavy atom. The first-order chi connectivity index (χ1) is 7.25. The van der Waals surface area contributed by atoms with Gasteiger partial charge in [-0.3, -0.25) is 9.59 Å². The standard InChI is InChI=1S/C7H11N3O6/c8-2(1-3(9)11)5(12)10-4(6(13)14)7(15)16/h2,4H,1,8H2,(H2,9,11)(H,10,12)(H,13,14)(H,15,16)/t2-/m0/s1. The number of nitrogens with two attached hydrogens (primary N) is 2. The number of amides is 2. The van der Waals surface area contributed by atoms with Crippen molar-refractivity contribution in [1.29, 1.82) is 0 Å². The highest BCUT2D eigenvalue weighted by atomic mass is 16.4. The summed E-state index contributed by atoms with van der Waals surface area (Å²) < 4.78 is 0. The summed E-state index contributed by atoms with van der Waals surface area (Å²) in [5.41, 5.74) is 9.92. The van der Waals surface area contributed by atoms with Crippen molar-refractivity contribution >= 4 is 23.8 Å². The molecule has 2 amide bonds. The Bertz CT molecular complexity index is 314. The number of aliphatic carboxylic acids is 2. The van der Waals surface area contributed by atoms with Crippen molar-refractivity contribution in [3.63, 3.8) is 0 Å². The van der Waals surface area contributed by atoms with Crippen LogP contribution in [0, 0.1) is 0 Å². The topological polar surface area (TPSA) is 173 Å². The Kier molecular flexibility index (Phi) is 4.89. The average molecular weight is 233 g/mol. The first kappa shape index (κ1) is 13.8. The van der Waals surface area contributed by atoms with Crippen LogP contribution in [0.15, 0.2) is 0 Å². The zero-order chi connectivity index (χ0) is 12.9. The number of carboxylic acids is 2. The van der Waals surface area contributed by atoms with Crippen LogP contribution in [0.4, 0.5) is 0 Å². The van der Waals surface area contributed by atoms with Crippen molar-refractivity contribution < 1.29 is 29.4 Å². The fourth-order valence-electron chi connectivity index (χ4n) is 0.788. The van der Waals surface area contributed by atoms with Gasteiger partial charge in [0.05, 0.1) is 12.5 Å². The Morgan fingerprint density at radius 3 is 1.88 bits per heavy atom. The number of hydrogen-bond acceptors (Lipinski definition) is 5. The zero-order valence-electron chi connectivity index (χ0n) is 8.04. The molecule has 0 saturated carbocycles. The summed E-state index contributed by atoms with van der Waals surface area (Å²) in [6.45, 7) is 0. The lowest BCUT2D eigenvalue weighted by Crippen LogP contribution is -2.52. The van der Waals surface area contributed by atoms with Crippen LogP contribution in [-0.4, -0.2) is 46.0 Å². The molecule has 1 atom stereocenters. The monoisotopic (exact) mass is 233 g/mol. The van der Waals surface area contributed by atoms with Crippen LogP contribution < -0.4 is 16.8 Å². The molecular formula is C7H11N3O6. The quantitative estimate of drug-likeness (QED) is 0.301. The minimum atomic E-state index is -2.11. The molecule has 0 rings (SSSR count). The maximum Gasteiger partial charge on any atom is 0.338 e. The Labute approximate surface area is 89.4 Å². The fraction of sp³-hybridized carbons (Fsp3) is 0.429. The van der Waals surface area contributed by atoms with Crippen molar-refractivity contribution in [3.05, 3.63) is 0 Å². The molecule has 9 nitrogen and oxygen atoms in total. The highest BCUT2D eigenvalue weighted by Gasteiger charge is 2.29. The van der Waals surface area contributed by atoms with Crippen LogP contribution in [0.1, 0.15) is 6.42 Å². The van der Waals surface area contributed by atoms with Gasteiger partial charge in [0.15, 0.2) is 0 Å². The molecule has 9 heteroatoms. The molecule has 90 valence electrons. The van der Waals surface area contributed by atoms with E-state index in [9.17, 15) is 19.2 Å². The first-order valence-electron chi connectivity index (χ1n) is 4.05. The molecule has 0 heterocycles. The molecule has 0 unspecified atom stereocenters. The van der Waals surface area contributed by atoms with E-state index in [4.69, 9.17) is 21.7 Å². The SMILES string of the molecule is NC(=O)C[C@H](N)C(=O)NC(C(=O)O)C(=O)O. The third-order valence-electron chi connectivity index (χ3n) is 1.54. The van der Waals surface area contributed by atoms with Gasteiger partial charge in [-0.25, -0.2) is 9.59 Å². The molecule has 0 aliphatic carbocycles. The van der Waals surface area contributed by atoms with Gasteiger partial charge in [-0.15, -0.1) is 0 Å². The normalized spacial score (nSPS) is 11.9. The number of nitrogens with one attached hydrogen (secondary N) is 1. The second-order valence-corrected chi connectivity index (χ2v) is 2.90. The number of carboxylic acid groups (broad SMARTS) is 2. The largest absolute Gasteiger partial charge is 0.479 e. The number of hydrogen-bond donors (Lipinski definition) is 5. The molecule has 0 saturated heterocycles. The van der Waals surface area contributed by atoms with Gasteiger partial charge in [-0.2, -0.15) is 0 Å². The molecule has 0 aliphatic rings. The number of rotatable bonds is 6. The number of carbonyl (C=O) groups is 4. The number of primary amides is 1. The molecule has 0 aromatic rings. The summed E-state index contributed by atoms with van der Waals surface area (Å²) in [6.07, 6.45) is -0.502. The molecule has 16 heavy (non-hydrogen) atoms. The third kappa shape index (κ3) is 4.37. The van der Waals surface area contributed by atoms with Gasteiger partial charge >= 0.3 is 11.9 Å². The van der Waals surface area contributed by atoms with E-state index < -0.39 is 42.3 Å². The lowest BCUT2D eigenvalue weighted by atomic mass is 10.2. The fourth-order valence-corrected chi connectivity index (χ4v) is 0.788. The highest BCUT2D eigenvalue weighted by Crippen LogP contribution is 1.91. The molecule has 0 aromatic carbocycles. The van der Waals surface area contributed by atoms with Gasteiger partial charge in [-0.1, -0.05) is 0 Å². The Morgan fingerprint density at radius 2 is 1.56 bits per heavy atom. The van der Waals surface area contributed by atoms with Crippen LogP contribution in [0.3, 0.4) is 0 Å². The van der Waals surface area contributed by atoms with Crippen molar-refractivity contribution in [2.45, 2.75) is 18.5 Å². The van der Waals surface area contributed by atoms with Crippen LogP contribution in [0.2, 0.25) is 0 Å². The highest BCUT2D eigenvalue weighted by molar-refractivity contribution is 6.01. The van der Waals surface area contributed by atoms with E-state index in [1.54, 1.807) is 5.32 Å². The van der Waals surface area contributed by atoms with Gasteiger partial charge < -0.3 is 27.0 Å². The lowest BCUT2D eigenvalue weighted by Gasteiger charge is -2.13. The van der Waals surface area contributed by atoms with Crippen molar-refractivity contribution in [3.8, 4) is 0 Å². The molecular weight excluding hydrogens is 222 g/mol. The second kappa shape index (κ2) is 5.66. The molecule has 0 fully saturated rings. The van der Waals surface area contributed by atoms with Gasteiger partial charge in [-0.05, 0) is 0 Å². The van der Waals surface area contributed by atoms with E-state index in [-0.39, 0.29) is 0 Å². The Hall–Kier alpha value is -2.16. The summed E-state index contributed by atoms with van der Waals surface area (Å²) in [5, 5.41) is 18.5. The molecule has 0 spiro atoms. The molecule has 0 aromatic heterocycles. The van der Waals surface area contributed by atoms with E-state index in [1.807, 2.05) is 0 Å². The minimum Gasteiger partial charge on any atom is -0.479 e. The van der Waals surface area contributed by atoms with Crippen LogP contribution >= 0.6 is 0 Å². The predicted molar refractivity (Wildman–Crippen MR) is 49.0 cm³/mol. The average Bonchev–Trinajstić information content (AvgIpc) is 2.11. The minimum absolute atomic E-state index is 0.502. The van der Waals surface area contributed by atoms with Gasteiger partial charge in [0.2, 0.25) is 17.9 Å². The van der Waals surface area contributed by atoms with E-state index >= 15 is 0 Å². The predicted octanol–water partition coefficient (Wildman–Crippen LogP) is -3.16. The summed E-state index contributed by atoms with van der Waals surface area (Å²) >= 11 is 0. The van der Waals surface area contributed by atoms with Gasteiger partial charge in [0.1, 0.15) is 0 Å². The molecule has 0 radical (unpaired) electrons. The summed E-state index contributed by atoms with van der Waals surface area (Å²) in [5.74, 6) is -5.42. The lowest BCUT2D eigenvalue weighted by molar-refractivity contribution is -0.153. The summed E-state index contributed by atoms with van der Waals surface area (Å²) in [4.78, 5) is 42.3. The van der Waals surface area contributed by atoms with E-state index in [0.717, 1.165) is 0 Å². The maximum atomic E-state index is 11.1. The Balaban J connectivity index is 4.46. The van der Waals surface area contributed by atoms with E-state index in [0.29, 0.717) is 0 Å². The second-order valence-electron chi connectivity index (χ2n) is 2.90. The summed E-state index contributed by atoms with van der Waals surface area (Å²) in [6, 6.07) is -3.48. The van der Waals surface area contributed by atoms with Crippen molar-refractivity contribution in [2.24, 2.45) is 11.5 Å². The smallest absolute Gasteiger partial charge is 0.338 e. The van der Waals surface area contributed by atoms with Crippen molar-refractivity contribution in [2.75, 3.05) is 0 Å². The van der Waals surface area contributed by atoms with E-state index in [2.05, 4.69) is 0 Å². The number of carbonyl (C=O) groups excluding carboxylic acids is 2. The van der Waals surface area contributed by atoms with Gasteiger partial charge in [0, 0.05) is 0 Å². The van der Waals surface area contributed by atoms with E-state index in [1.165, 1.54) is 0 Å². The van der Waals surface area contributed by atoms with Gasteiger partial charge in [0.25, 0.3) is 0 Å². The third-order valence-corrected chi connectivity index (χ3v) is 1.54. The first-order valence-corrected chi connectivity index (χ1v) is 4.05. The molecule has 0 bridgehead atoms. The summed E-state index contributed by atoms with van der Waals surface area (Å²) in [7, 11) is 0. The van der Waals surface area contributed by atoms with Crippen LogP contribution in [0.5, 0.6) is 0 Å². The van der Waals surface area contributed by atoms with Crippen molar-refractivity contribution in [1.82, 2.24) is 5.32 Å². The van der Waals surface area contributed by atoms with Crippen LogP contribution in [0.25, 0.3) is 0 Å². The molecule has 7 N–H and O–H groups in total. The maximum absolute atomic E-state index is 11.1.